The van der Waals surface area contributed by atoms with E-state index in [0.29, 0.717) is 6.54 Å². The standard InChI is InChI=1S/C15H24BrClN2/c1-4-7-19(11-15(2,3)10-18)9-12-5-6-14(17)13(16)8-12/h5-6,8H,4,7,9-11,18H2,1-3H3. The monoisotopic (exact) mass is 346 g/mol. The Morgan fingerprint density at radius 1 is 1.37 bits per heavy atom. The third-order valence-electron chi connectivity index (χ3n) is 3.13. The maximum atomic E-state index is 6.03. The minimum atomic E-state index is 0.152. The highest BCUT2D eigenvalue weighted by atomic mass is 79.9. The Labute approximate surface area is 130 Å². The lowest BCUT2D eigenvalue weighted by Gasteiger charge is -2.31. The summed E-state index contributed by atoms with van der Waals surface area (Å²) in [5.74, 6) is 0. The maximum Gasteiger partial charge on any atom is 0.0548 e. The fourth-order valence-corrected chi connectivity index (χ4v) is 2.64. The molecule has 0 aliphatic carbocycles. The normalized spacial score (nSPS) is 12.2. The quantitative estimate of drug-likeness (QED) is 0.797. The van der Waals surface area contributed by atoms with Crippen LogP contribution in [-0.4, -0.2) is 24.5 Å². The highest BCUT2D eigenvalue weighted by Crippen LogP contribution is 2.24. The van der Waals surface area contributed by atoms with Gasteiger partial charge in [0.05, 0.1) is 5.02 Å². The lowest BCUT2D eigenvalue weighted by molar-refractivity contribution is 0.176. The van der Waals surface area contributed by atoms with Gasteiger partial charge in [0.1, 0.15) is 0 Å². The van der Waals surface area contributed by atoms with Crippen molar-refractivity contribution in [1.29, 1.82) is 0 Å². The molecule has 19 heavy (non-hydrogen) atoms. The van der Waals surface area contributed by atoms with Crippen molar-refractivity contribution < 1.29 is 0 Å². The van der Waals surface area contributed by atoms with Crippen LogP contribution in [0.15, 0.2) is 22.7 Å². The van der Waals surface area contributed by atoms with Crippen LogP contribution in [0.5, 0.6) is 0 Å². The van der Waals surface area contributed by atoms with Crippen LogP contribution in [-0.2, 0) is 6.54 Å². The van der Waals surface area contributed by atoms with Gasteiger partial charge in [0.15, 0.2) is 0 Å². The topological polar surface area (TPSA) is 29.3 Å². The van der Waals surface area contributed by atoms with Gasteiger partial charge in [0.25, 0.3) is 0 Å². The van der Waals surface area contributed by atoms with Gasteiger partial charge in [0, 0.05) is 17.6 Å². The SMILES string of the molecule is CCCN(Cc1ccc(Cl)c(Br)c1)CC(C)(C)CN. The first-order chi connectivity index (χ1) is 8.88. The van der Waals surface area contributed by atoms with Gasteiger partial charge in [0.2, 0.25) is 0 Å². The Balaban J connectivity index is 2.74. The molecule has 0 atom stereocenters. The van der Waals surface area contributed by atoms with Crippen molar-refractivity contribution in [3.05, 3.63) is 33.3 Å². The molecule has 0 spiro atoms. The Bertz CT molecular complexity index is 407. The van der Waals surface area contributed by atoms with E-state index in [4.69, 9.17) is 17.3 Å². The molecule has 0 aliphatic heterocycles. The molecule has 0 heterocycles. The van der Waals surface area contributed by atoms with Gasteiger partial charge in [-0.15, -0.1) is 0 Å². The molecule has 0 bridgehead atoms. The molecule has 0 saturated heterocycles. The molecule has 0 aromatic heterocycles. The van der Waals surface area contributed by atoms with Gasteiger partial charge < -0.3 is 5.73 Å². The van der Waals surface area contributed by atoms with Gasteiger partial charge in [-0.05, 0) is 58.6 Å². The first kappa shape index (κ1) is 17.0. The fourth-order valence-electron chi connectivity index (χ4n) is 2.10. The van der Waals surface area contributed by atoms with Crippen LogP contribution < -0.4 is 5.73 Å². The summed E-state index contributed by atoms with van der Waals surface area (Å²) in [6, 6.07) is 6.13. The summed E-state index contributed by atoms with van der Waals surface area (Å²) in [6.45, 7) is 10.4. The summed E-state index contributed by atoms with van der Waals surface area (Å²) >= 11 is 9.51. The molecule has 1 rings (SSSR count). The number of benzene rings is 1. The molecule has 1 aromatic rings. The van der Waals surface area contributed by atoms with Crippen molar-refractivity contribution in [3.63, 3.8) is 0 Å². The highest BCUT2D eigenvalue weighted by molar-refractivity contribution is 9.10. The van der Waals surface area contributed by atoms with E-state index in [-0.39, 0.29) is 5.41 Å². The molecule has 4 heteroatoms. The summed E-state index contributed by atoms with van der Waals surface area (Å²) in [4.78, 5) is 2.46. The van der Waals surface area contributed by atoms with Crippen LogP contribution in [0.1, 0.15) is 32.8 Å². The summed E-state index contributed by atoms with van der Waals surface area (Å²) in [6.07, 6.45) is 1.15. The predicted molar refractivity (Wildman–Crippen MR) is 87.6 cm³/mol. The van der Waals surface area contributed by atoms with E-state index < -0.39 is 0 Å². The van der Waals surface area contributed by atoms with Gasteiger partial charge in [-0.3, -0.25) is 4.90 Å². The second kappa shape index (κ2) is 7.63. The van der Waals surface area contributed by atoms with Crippen molar-refractivity contribution in [1.82, 2.24) is 4.90 Å². The van der Waals surface area contributed by atoms with Crippen molar-refractivity contribution in [3.8, 4) is 0 Å². The second-order valence-corrected chi connectivity index (χ2v) is 7.09. The van der Waals surface area contributed by atoms with Crippen molar-refractivity contribution in [2.24, 2.45) is 11.1 Å². The zero-order chi connectivity index (χ0) is 14.5. The molecule has 2 N–H and O–H groups in total. The van der Waals surface area contributed by atoms with Crippen molar-refractivity contribution in [2.45, 2.75) is 33.7 Å². The molecule has 108 valence electrons. The lowest BCUT2D eigenvalue weighted by Crippen LogP contribution is -2.38. The molecule has 0 amide bonds. The van der Waals surface area contributed by atoms with Crippen molar-refractivity contribution >= 4 is 27.5 Å². The first-order valence-electron chi connectivity index (χ1n) is 6.74. The van der Waals surface area contributed by atoms with E-state index in [1.807, 2.05) is 6.07 Å². The van der Waals surface area contributed by atoms with Crippen LogP contribution in [0.2, 0.25) is 5.02 Å². The Kier molecular flexibility index (Phi) is 6.81. The average Bonchev–Trinajstić information content (AvgIpc) is 2.34. The number of halogens is 2. The number of hydrogen-bond donors (Lipinski definition) is 1. The van der Waals surface area contributed by atoms with E-state index in [9.17, 15) is 0 Å². The first-order valence-corrected chi connectivity index (χ1v) is 7.91. The smallest absolute Gasteiger partial charge is 0.0548 e. The van der Waals surface area contributed by atoms with Crippen LogP contribution in [0.25, 0.3) is 0 Å². The van der Waals surface area contributed by atoms with Gasteiger partial charge in [-0.25, -0.2) is 0 Å². The predicted octanol–water partition coefficient (Wildman–Crippen LogP) is 4.30. The van der Waals surface area contributed by atoms with Crippen molar-refractivity contribution in [2.75, 3.05) is 19.6 Å². The molecule has 0 radical (unpaired) electrons. The molecule has 0 aliphatic rings. The number of rotatable bonds is 7. The molecular formula is C15H24BrClN2. The average molecular weight is 348 g/mol. The van der Waals surface area contributed by atoms with E-state index >= 15 is 0 Å². The number of nitrogens with zero attached hydrogens (tertiary/aromatic N) is 1. The van der Waals surface area contributed by atoms with E-state index in [1.54, 1.807) is 0 Å². The van der Waals surface area contributed by atoms with Gasteiger partial charge >= 0.3 is 0 Å². The van der Waals surface area contributed by atoms with Crippen LogP contribution in [0.3, 0.4) is 0 Å². The summed E-state index contributed by atoms with van der Waals surface area (Å²) in [5, 5.41) is 0.757. The number of hydrogen-bond acceptors (Lipinski definition) is 2. The lowest BCUT2D eigenvalue weighted by atomic mass is 9.93. The molecule has 0 unspecified atom stereocenters. The van der Waals surface area contributed by atoms with E-state index in [1.165, 1.54) is 5.56 Å². The molecule has 2 nitrogen and oxygen atoms in total. The molecule has 0 saturated carbocycles. The maximum absolute atomic E-state index is 6.03. The highest BCUT2D eigenvalue weighted by Gasteiger charge is 2.20. The number of nitrogens with two attached hydrogens (primary N) is 1. The summed E-state index contributed by atoms with van der Waals surface area (Å²) < 4.78 is 0.959. The minimum Gasteiger partial charge on any atom is -0.330 e. The largest absolute Gasteiger partial charge is 0.330 e. The summed E-state index contributed by atoms with van der Waals surface area (Å²) in [5.41, 5.74) is 7.26. The third kappa shape index (κ3) is 5.82. The summed E-state index contributed by atoms with van der Waals surface area (Å²) in [7, 11) is 0. The fraction of sp³-hybridized carbons (Fsp3) is 0.600. The molecule has 1 aromatic carbocycles. The van der Waals surface area contributed by atoms with Gasteiger partial charge in [-0.1, -0.05) is 38.4 Å². The Morgan fingerprint density at radius 2 is 2.05 bits per heavy atom. The van der Waals surface area contributed by atoms with Crippen LogP contribution in [0.4, 0.5) is 0 Å². The van der Waals surface area contributed by atoms with Crippen LogP contribution in [0, 0.1) is 5.41 Å². The van der Waals surface area contributed by atoms with Gasteiger partial charge in [-0.2, -0.15) is 0 Å². The minimum absolute atomic E-state index is 0.152. The molecule has 0 fully saturated rings. The van der Waals surface area contributed by atoms with Crippen LogP contribution >= 0.6 is 27.5 Å². The molecular weight excluding hydrogens is 324 g/mol. The zero-order valence-electron chi connectivity index (χ0n) is 12.0. The second-order valence-electron chi connectivity index (χ2n) is 5.83. The Hall–Kier alpha value is -0.0900. The zero-order valence-corrected chi connectivity index (χ0v) is 14.4. The van der Waals surface area contributed by atoms with E-state index in [0.717, 1.165) is 35.6 Å². The van der Waals surface area contributed by atoms with E-state index in [2.05, 4.69) is 53.7 Å². The Morgan fingerprint density at radius 3 is 2.58 bits per heavy atom. The third-order valence-corrected chi connectivity index (χ3v) is 4.35.